The first-order valence-electron chi connectivity index (χ1n) is 11.4. The molecule has 1 aromatic rings. The van der Waals surface area contributed by atoms with E-state index in [0.29, 0.717) is 16.6 Å². The molecule has 2 unspecified atom stereocenters. The topological polar surface area (TPSA) is 29.5 Å². The van der Waals surface area contributed by atoms with Crippen molar-refractivity contribution in [2.45, 2.75) is 111 Å². The van der Waals surface area contributed by atoms with Crippen LogP contribution in [0.4, 0.5) is 0 Å². The summed E-state index contributed by atoms with van der Waals surface area (Å²) in [4.78, 5) is 0. The lowest BCUT2D eigenvalue weighted by Gasteiger charge is -2.42. The van der Waals surface area contributed by atoms with Crippen LogP contribution < -0.4 is 0 Å². The maximum Gasteiger partial charge on any atom is 0.200 e. The molecule has 0 radical (unpaired) electrons. The third-order valence-corrected chi connectivity index (χ3v) is 13.9. The van der Waals surface area contributed by atoms with E-state index >= 15 is 0 Å². The van der Waals surface area contributed by atoms with Crippen LogP contribution in [0.15, 0.2) is 6.07 Å². The Morgan fingerprint density at radius 1 is 1.11 bits per heavy atom. The lowest BCUT2D eigenvalue weighted by atomic mass is 9.82. The van der Waals surface area contributed by atoms with Gasteiger partial charge in [0.1, 0.15) is 0 Å². The van der Waals surface area contributed by atoms with E-state index < -0.39 is 8.32 Å². The fourth-order valence-electron chi connectivity index (χ4n) is 6.07. The molecular weight excluding hydrogens is 360 g/mol. The van der Waals surface area contributed by atoms with E-state index in [1.165, 1.54) is 27.8 Å². The van der Waals surface area contributed by atoms with Gasteiger partial charge >= 0.3 is 0 Å². The van der Waals surface area contributed by atoms with E-state index in [9.17, 15) is 5.11 Å². The lowest BCUT2D eigenvalue weighted by Crippen LogP contribution is -2.48. The van der Waals surface area contributed by atoms with Crippen LogP contribution in [0.2, 0.25) is 16.6 Å². The monoisotopic (exact) mass is 404 g/mol. The first kappa shape index (κ1) is 23.6. The zero-order valence-electron chi connectivity index (χ0n) is 20.1. The SMILES string of the molecule is CCC1(C)Cc2cc(C)c(CCO[Si](C(C)C)(C(C)C)C(C)C)c(C)c2C1O. The molecule has 0 fully saturated rings. The summed E-state index contributed by atoms with van der Waals surface area (Å²) in [6, 6.07) is 2.33. The van der Waals surface area contributed by atoms with Gasteiger partial charge in [0.2, 0.25) is 0 Å². The Morgan fingerprint density at radius 3 is 2.11 bits per heavy atom. The Hall–Kier alpha value is -0.643. The Kier molecular flexibility index (Phi) is 7.27. The molecule has 0 saturated heterocycles. The van der Waals surface area contributed by atoms with Crippen molar-refractivity contribution in [2.24, 2.45) is 5.41 Å². The summed E-state index contributed by atoms with van der Waals surface area (Å²) >= 11 is 0. The molecule has 0 aliphatic heterocycles. The van der Waals surface area contributed by atoms with Crippen LogP contribution >= 0.6 is 0 Å². The van der Waals surface area contributed by atoms with Gasteiger partial charge in [-0.3, -0.25) is 0 Å². The predicted molar refractivity (Wildman–Crippen MR) is 124 cm³/mol. The van der Waals surface area contributed by atoms with Gasteiger partial charge in [-0.05, 0) is 77.6 Å². The summed E-state index contributed by atoms with van der Waals surface area (Å²) in [7, 11) is -1.83. The molecule has 28 heavy (non-hydrogen) atoms. The molecule has 1 aliphatic carbocycles. The van der Waals surface area contributed by atoms with Crippen molar-refractivity contribution in [1.82, 2.24) is 0 Å². The van der Waals surface area contributed by atoms with Gasteiger partial charge in [-0.15, -0.1) is 0 Å². The maximum absolute atomic E-state index is 11.0. The highest BCUT2D eigenvalue weighted by atomic mass is 28.4. The van der Waals surface area contributed by atoms with E-state index in [4.69, 9.17) is 4.43 Å². The quantitative estimate of drug-likeness (QED) is 0.471. The average molecular weight is 405 g/mol. The summed E-state index contributed by atoms with van der Waals surface area (Å²) in [6.45, 7) is 23.7. The molecule has 0 bridgehead atoms. The molecular formula is C25H44O2Si. The number of hydrogen-bond acceptors (Lipinski definition) is 2. The van der Waals surface area contributed by atoms with E-state index in [0.717, 1.165) is 25.9 Å². The highest BCUT2D eigenvalue weighted by Crippen LogP contribution is 2.50. The van der Waals surface area contributed by atoms with E-state index in [1.807, 2.05) is 0 Å². The van der Waals surface area contributed by atoms with Crippen molar-refractivity contribution in [3.05, 3.63) is 33.9 Å². The molecule has 2 nitrogen and oxygen atoms in total. The first-order chi connectivity index (χ1) is 12.9. The largest absolute Gasteiger partial charge is 0.416 e. The second-order valence-electron chi connectivity index (χ2n) is 10.4. The van der Waals surface area contributed by atoms with Gasteiger partial charge in [0.25, 0.3) is 0 Å². The van der Waals surface area contributed by atoms with Crippen molar-refractivity contribution < 1.29 is 9.53 Å². The lowest BCUT2D eigenvalue weighted by molar-refractivity contribution is 0.0493. The number of aryl methyl sites for hydroxylation is 1. The van der Waals surface area contributed by atoms with Gasteiger partial charge in [-0.2, -0.15) is 0 Å². The molecule has 2 rings (SSSR count). The molecule has 0 spiro atoms. The van der Waals surface area contributed by atoms with Crippen molar-refractivity contribution in [3.8, 4) is 0 Å². The molecule has 0 saturated carbocycles. The van der Waals surface area contributed by atoms with Crippen LogP contribution in [0.25, 0.3) is 0 Å². The number of fused-ring (bicyclic) bond motifs is 1. The minimum Gasteiger partial charge on any atom is -0.416 e. The van der Waals surface area contributed by atoms with Crippen molar-refractivity contribution >= 4 is 8.32 Å². The van der Waals surface area contributed by atoms with Crippen molar-refractivity contribution in [1.29, 1.82) is 0 Å². The number of hydrogen-bond donors (Lipinski definition) is 1. The summed E-state index contributed by atoms with van der Waals surface area (Å²) in [5.74, 6) is 0. The normalized spacial score (nSPS) is 22.6. The van der Waals surface area contributed by atoms with Gasteiger partial charge < -0.3 is 9.53 Å². The van der Waals surface area contributed by atoms with E-state index in [2.05, 4.69) is 75.3 Å². The molecule has 2 atom stereocenters. The Morgan fingerprint density at radius 2 is 1.64 bits per heavy atom. The second kappa shape index (κ2) is 8.61. The minimum atomic E-state index is -1.83. The molecule has 1 aliphatic rings. The highest BCUT2D eigenvalue weighted by Gasteiger charge is 2.45. The van der Waals surface area contributed by atoms with Crippen LogP contribution in [0.3, 0.4) is 0 Å². The molecule has 3 heteroatoms. The summed E-state index contributed by atoms with van der Waals surface area (Å²) in [5, 5.41) is 11.0. The molecule has 160 valence electrons. The Balaban J connectivity index is 2.28. The molecule has 1 aromatic carbocycles. The van der Waals surface area contributed by atoms with E-state index in [1.54, 1.807) is 0 Å². The molecule has 0 amide bonds. The highest BCUT2D eigenvalue weighted by molar-refractivity contribution is 6.77. The van der Waals surface area contributed by atoms with Crippen LogP contribution in [0, 0.1) is 19.3 Å². The first-order valence-corrected chi connectivity index (χ1v) is 13.5. The van der Waals surface area contributed by atoms with Gasteiger partial charge in [0.05, 0.1) is 6.10 Å². The summed E-state index contributed by atoms with van der Waals surface area (Å²) in [6.07, 6.45) is 2.60. The predicted octanol–water partition coefficient (Wildman–Crippen LogP) is 7.04. The number of rotatable bonds is 8. The van der Waals surface area contributed by atoms with Crippen LogP contribution in [0.1, 0.15) is 95.7 Å². The summed E-state index contributed by atoms with van der Waals surface area (Å²) in [5.41, 5.74) is 8.41. The average Bonchev–Trinajstić information content (AvgIpc) is 2.84. The van der Waals surface area contributed by atoms with Crippen molar-refractivity contribution in [3.63, 3.8) is 0 Å². The number of aliphatic hydroxyl groups excluding tert-OH is 1. The van der Waals surface area contributed by atoms with Crippen LogP contribution in [-0.2, 0) is 17.3 Å². The molecule has 0 aromatic heterocycles. The number of aliphatic hydroxyl groups is 1. The van der Waals surface area contributed by atoms with Gasteiger partial charge in [-0.1, -0.05) is 61.5 Å². The van der Waals surface area contributed by atoms with Crippen molar-refractivity contribution in [2.75, 3.05) is 6.61 Å². The standard InChI is InChI=1S/C25H44O2Si/c1-11-25(10)15-21-14-19(8)22(20(9)23(21)24(25)26)12-13-27-28(16(2)3,17(4)5)18(6)7/h14,16-18,24,26H,11-13,15H2,1-10H3. The fraction of sp³-hybridized carbons (Fsp3) is 0.760. The van der Waals surface area contributed by atoms with E-state index in [-0.39, 0.29) is 11.5 Å². The maximum atomic E-state index is 11.0. The Bertz CT molecular complexity index is 671. The van der Waals surface area contributed by atoms with Gasteiger partial charge in [0, 0.05) is 12.0 Å². The van der Waals surface area contributed by atoms with Gasteiger partial charge in [-0.25, -0.2) is 0 Å². The van der Waals surface area contributed by atoms with Crippen LogP contribution in [-0.4, -0.2) is 20.0 Å². The summed E-state index contributed by atoms with van der Waals surface area (Å²) < 4.78 is 6.81. The third-order valence-electron chi connectivity index (χ3n) is 7.82. The fourth-order valence-corrected chi connectivity index (χ4v) is 11.5. The number of benzene rings is 1. The smallest absolute Gasteiger partial charge is 0.200 e. The zero-order chi connectivity index (χ0) is 21.4. The molecule has 0 heterocycles. The van der Waals surface area contributed by atoms with Gasteiger partial charge in [0.15, 0.2) is 8.32 Å². The second-order valence-corrected chi connectivity index (χ2v) is 15.8. The minimum absolute atomic E-state index is 0.0242. The van der Waals surface area contributed by atoms with Crippen LogP contribution in [0.5, 0.6) is 0 Å². The molecule has 1 N–H and O–H groups in total. The zero-order valence-corrected chi connectivity index (χ0v) is 21.1. The Labute approximate surface area is 175 Å². The third kappa shape index (κ3) is 3.87.